The minimum atomic E-state index is -0.819. The Morgan fingerprint density at radius 1 is 1.15 bits per heavy atom. The molecule has 5 nitrogen and oxygen atoms in total. The SMILES string of the molecule is CCC(C(=O)OC(C)C1CCC(CN2Cc3ccc(O)c(F)c3C2=O)CC1)c1ccccc1. The Kier molecular flexibility index (Phi) is 7.01. The monoisotopic (exact) mass is 453 g/mol. The third-order valence-corrected chi connectivity index (χ3v) is 7.30. The summed E-state index contributed by atoms with van der Waals surface area (Å²) >= 11 is 0. The van der Waals surface area contributed by atoms with E-state index in [2.05, 4.69) is 0 Å². The number of amides is 1. The zero-order valence-corrected chi connectivity index (χ0v) is 19.3. The predicted octanol–water partition coefficient (Wildman–Crippen LogP) is 5.42. The second-order valence-electron chi connectivity index (χ2n) is 9.41. The van der Waals surface area contributed by atoms with Gasteiger partial charge < -0.3 is 14.7 Å². The van der Waals surface area contributed by atoms with Crippen LogP contribution in [0.2, 0.25) is 0 Å². The highest BCUT2D eigenvalue weighted by Crippen LogP contribution is 2.36. The van der Waals surface area contributed by atoms with E-state index in [-0.39, 0.29) is 29.5 Å². The summed E-state index contributed by atoms with van der Waals surface area (Å²) in [5.41, 5.74) is 1.63. The van der Waals surface area contributed by atoms with E-state index in [1.807, 2.05) is 44.2 Å². The molecule has 1 amide bonds. The van der Waals surface area contributed by atoms with Crippen molar-refractivity contribution < 1.29 is 23.8 Å². The van der Waals surface area contributed by atoms with E-state index in [0.29, 0.717) is 36.9 Å². The number of hydrogen-bond donors (Lipinski definition) is 1. The van der Waals surface area contributed by atoms with Gasteiger partial charge in [0.1, 0.15) is 6.10 Å². The number of carbonyl (C=O) groups is 2. The summed E-state index contributed by atoms with van der Waals surface area (Å²) in [6, 6.07) is 12.7. The third-order valence-electron chi connectivity index (χ3n) is 7.30. The molecule has 0 spiro atoms. The number of phenols is 1. The summed E-state index contributed by atoms with van der Waals surface area (Å²) in [7, 11) is 0. The van der Waals surface area contributed by atoms with Crippen LogP contribution in [0.4, 0.5) is 4.39 Å². The standard InChI is InChI=1S/C27H32FNO4/c1-3-22(20-7-5-4-6-8-20)27(32)33-17(2)19-11-9-18(10-12-19)15-29-16-21-13-14-23(30)25(28)24(21)26(29)31/h4-8,13-14,17-19,22,30H,3,9-12,15-16H2,1-2H3. The molecular formula is C27H32FNO4. The van der Waals surface area contributed by atoms with Crippen molar-refractivity contribution in [3.8, 4) is 5.75 Å². The van der Waals surface area contributed by atoms with Crippen molar-refractivity contribution in [3.05, 3.63) is 65.0 Å². The van der Waals surface area contributed by atoms with Crippen LogP contribution in [0.5, 0.6) is 5.75 Å². The minimum Gasteiger partial charge on any atom is -0.505 e. The van der Waals surface area contributed by atoms with Crippen LogP contribution in [0.1, 0.15) is 73.4 Å². The van der Waals surface area contributed by atoms with Gasteiger partial charge in [0, 0.05) is 13.1 Å². The number of halogens is 1. The topological polar surface area (TPSA) is 66.8 Å². The van der Waals surface area contributed by atoms with Crippen molar-refractivity contribution in [1.29, 1.82) is 0 Å². The number of fused-ring (bicyclic) bond motifs is 1. The van der Waals surface area contributed by atoms with Crippen molar-refractivity contribution in [1.82, 2.24) is 4.90 Å². The molecule has 0 radical (unpaired) electrons. The highest BCUT2D eigenvalue weighted by Gasteiger charge is 2.35. The smallest absolute Gasteiger partial charge is 0.313 e. The molecule has 2 atom stereocenters. The third kappa shape index (κ3) is 4.90. The molecule has 0 aromatic heterocycles. The van der Waals surface area contributed by atoms with Crippen LogP contribution in [0.3, 0.4) is 0 Å². The molecule has 4 rings (SSSR count). The van der Waals surface area contributed by atoms with Crippen LogP contribution in [-0.2, 0) is 16.1 Å². The van der Waals surface area contributed by atoms with Crippen molar-refractivity contribution >= 4 is 11.9 Å². The Labute approximate surface area is 194 Å². The van der Waals surface area contributed by atoms with E-state index < -0.39 is 11.6 Å². The lowest BCUT2D eigenvalue weighted by Gasteiger charge is -2.34. The predicted molar refractivity (Wildman–Crippen MR) is 123 cm³/mol. The fraction of sp³-hybridized carbons (Fsp3) is 0.481. The quantitative estimate of drug-likeness (QED) is 0.569. The van der Waals surface area contributed by atoms with E-state index in [1.165, 1.54) is 6.07 Å². The van der Waals surface area contributed by atoms with Gasteiger partial charge >= 0.3 is 5.97 Å². The van der Waals surface area contributed by atoms with Gasteiger partial charge in [-0.3, -0.25) is 9.59 Å². The number of hydrogen-bond acceptors (Lipinski definition) is 4. The lowest BCUT2D eigenvalue weighted by Crippen LogP contribution is -2.34. The van der Waals surface area contributed by atoms with Gasteiger partial charge in [-0.15, -0.1) is 0 Å². The number of benzene rings is 2. The molecule has 6 heteroatoms. The fourth-order valence-corrected chi connectivity index (χ4v) is 5.29. The number of aromatic hydroxyl groups is 1. The fourth-order valence-electron chi connectivity index (χ4n) is 5.29. The molecule has 1 aliphatic heterocycles. The van der Waals surface area contributed by atoms with Crippen LogP contribution in [0, 0.1) is 17.7 Å². The molecule has 2 aromatic rings. The van der Waals surface area contributed by atoms with Crippen molar-refractivity contribution in [2.24, 2.45) is 11.8 Å². The zero-order chi connectivity index (χ0) is 23.5. The number of ether oxygens (including phenoxy) is 1. The minimum absolute atomic E-state index is 0.00751. The average molecular weight is 454 g/mol. The van der Waals surface area contributed by atoms with Gasteiger partial charge in [-0.2, -0.15) is 0 Å². The Morgan fingerprint density at radius 2 is 1.85 bits per heavy atom. The molecular weight excluding hydrogens is 421 g/mol. The van der Waals surface area contributed by atoms with Gasteiger partial charge in [0.2, 0.25) is 0 Å². The molecule has 1 heterocycles. The summed E-state index contributed by atoms with van der Waals surface area (Å²) < 4.78 is 20.1. The van der Waals surface area contributed by atoms with E-state index in [0.717, 1.165) is 31.2 Å². The molecule has 176 valence electrons. The number of esters is 1. The molecule has 1 N–H and O–H groups in total. The summed E-state index contributed by atoms with van der Waals surface area (Å²) in [6.07, 6.45) is 4.31. The number of rotatable bonds is 7. The van der Waals surface area contributed by atoms with E-state index in [4.69, 9.17) is 4.74 Å². The van der Waals surface area contributed by atoms with Gasteiger partial charge in [0.15, 0.2) is 11.6 Å². The first-order valence-electron chi connectivity index (χ1n) is 11.9. The Balaban J connectivity index is 1.28. The molecule has 1 aliphatic carbocycles. The lowest BCUT2D eigenvalue weighted by molar-refractivity contribution is -0.153. The zero-order valence-electron chi connectivity index (χ0n) is 19.3. The van der Waals surface area contributed by atoms with Crippen molar-refractivity contribution in [3.63, 3.8) is 0 Å². The van der Waals surface area contributed by atoms with Crippen LogP contribution in [0.25, 0.3) is 0 Å². The molecule has 2 aliphatic rings. The average Bonchev–Trinajstić information content (AvgIpc) is 3.13. The highest BCUT2D eigenvalue weighted by molar-refractivity contribution is 5.99. The van der Waals surface area contributed by atoms with Crippen LogP contribution >= 0.6 is 0 Å². The van der Waals surface area contributed by atoms with Crippen LogP contribution in [-0.4, -0.2) is 34.5 Å². The Bertz CT molecular complexity index is 1000. The summed E-state index contributed by atoms with van der Waals surface area (Å²) in [5.74, 6) is -1.40. The van der Waals surface area contributed by atoms with E-state index in [1.54, 1.807) is 11.0 Å². The molecule has 2 unspecified atom stereocenters. The second-order valence-corrected chi connectivity index (χ2v) is 9.41. The highest BCUT2D eigenvalue weighted by atomic mass is 19.1. The maximum absolute atomic E-state index is 14.2. The Hall–Kier alpha value is -2.89. The van der Waals surface area contributed by atoms with Gasteiger partial charge in [-0.05, 0) is 68.1 Å². The Morgan fingerprint density at radius 3 is 2.52 bits per heavy atom. The second kappa shape index (κ2) is 9.94. The molecule has 33 heavy (non-hydrogen) atoms. The summed E-state index contributed by atoms with van der Waals surface area (Å²) in [6.45, 7) is 4.95. The van der Waals surface area contributed by atoms with E-state index in [9.17, 15) is 19.1 Å². The first-order chi connectivity index (χ1) is 15.9. The molecule has 2 aromatic carbocycles. The largest absolute Gasteiger partial charge is 0.505 e. The maximum Gasteiger partial charge on any atom is 0.313 e. The molecule has 1 fully saturated rings. The molecule has 1 saturated carbocycles. The maximum atomic E-state index is 14.2. The van der Waals surface area contributed by atoms with Gasteiger partial charge in [0.05, 0.1) is 11.5 Å². The van der Waals surface area contributed by atoms with Crippen molar-refractivity contribution in [2.45, 2.75) is 64.5 Å². The number of phenolic OH excluding ortho intramolecular Hbond substituents is 1. The normalized spacial score (nSPS) is 22.0. The molecule has 0 saturated heterocycles. The first-order valence-corrected chi connectivity index (χ1v) is 11.9. The van der Waals surface area contributed by atoms with Gasteiger partial charge in [0.25, 0.3) is 5.91 Å². The number of nitrogens with zero attached hydrogens (tertiary/aromatic N) is 1. The van der Waals surface area contributed by atoms with Crippen LogP contribution in [0.15, 0.2) is 42.5 Å². The number of carbonyl (C=O) groups excluding carboxylic acids is 2. The summed E-state index contributed by atoms with van der Waals surface area (Å²) in [4.78, 5) is 27.2. The van der Waals surface area contributed by atoms with Crippen LogP contribution < -0.4 is 0 Å². The van der Waals surface area contributed by atoms with Gasteiger partial charge in [-0.1, -0.05) is 43.3 Å². The summed E-state index contributed by atoms with van der Waals surface area (Å²) in [5, 5.41) is 9.59. The van der Waals surface area contributed by atoms with E-state index >= 15 is 0 Å². The van der Waals surface area contributed by atoms with Gasteiger partial charge in [-0.25, -0.2) is 4.39 Å². The van der Waals surface area contributed by atoms with Crippen molar-refractivity contribution in [2.75, 3.05) is 6.54 Å². The lowest BCUT2D eigenvalue weighted by atomic mass is 9.79. The molecule has 0 bridgehead atoms. The first kappa shape index (κ1) is 23.3.